The highest BCUT2D eigenvalue weighted by Crippen LogP contribution is 2.35. The number of ether oxygens (including phenoxy) is 2. The first kappa shape index (κ1) is 21.0. The molecule has 2 N–H and O–H groups in total. The molecule has 7 nitrogen and oxygen atoms in total. The van der Waals surface area contributed by atoms with E-state index in [1.54, 1.807) is 7.05 Å². The Morgan fingerprint density at radius 3 is 2.90 bits per heavy atom. The average Bonchev–Trinajstić information content (AvgIpc) is 3.36. The van der Waals surface area contributed by atoms with E-state index < -0.39 is 0 Å². The van der Waals surface area contributed by atoms with Gasteiger partial charge in [0.1, 0.15) is 17.6 Å². The molecule has 7 heteroatoms. The van der Waals surface area contributed by atoms with Crippen molar-refractivity contribution in [1.82, 2.24) is 10.6 Å². The number of benzene rings is 2. The highest BCUT2D eigenvalue weighted by atomic mass is 16.5. The largest absolute Gasteiger partial charge is 0.494 e. The van der Waals surface area contributed by atoms with Gasteiger partial charge in [-0.15, -0.1) is 0 Å². The molecule has 0 aromatic heterocycles. The number of para-hydroxylation sites is 1. The number of nitrogens with one attached hydrogen (secondary N) is 2. The molecule has 2 aliphatic rings. The summed E-state index contributed by atoms with van der Waals surface area (Å²) in [6, 6.07) is 12.2. The zero-order valence-corrected chi connectivity index (χ0v) is 18.4. The van der Waals surface area contributed by atoms with Gasteiger partial charge in [-0.05, 0) is 44.0 Å². The van der Waals surface area contributed by atoms with E-state index in [2.05, 4.69) is 34.7 Å². The molecule has 0 radical (unpaired) electrons. The number of anilines is 1. The lowest BCUT2D eigenvalue weighted by Crippen LogP contribution is -2.44. The lowest BCUT2D eigenvalue weighted by atomic mass is 10.1. The van der Waals surface area contributed by atoms with Crippen molar-refractivity contribution < 1.29 is 14.3 Å². The minimum Gasteiger partial charge on any atom is -0.494 e. The van der Waals surface area contributed by atoms with Crippen molar-refractivity contribution in [3.63, 3.8) is 0 Å². The third-order valence-electron chi connectivity index (χ3n) is 5.64. The van der Waals surface area contributed by atoms with Gasteiger partial charge >= 0.3 is 0 Å². The molecule has 1 amide bonds. The second-order valence-electron chi connectivity index (χ2n) is 7.84. The van der Waals surface area contributed by atoms with Gasteiger partial charge in [-0.2, -0.15) is 0 Å². The first-order chi connectivity index (χ1) is 15.1. The molecule has 0 aliphatic carbocycles. The molecular formula is C24H30N4O3. The van der Waals surface area contributed by atoms with E-state index in [4.69, 9.17) is 9.47 Å². The second kappa shape index (κ2) is 9.29. The van der Waals surface area contributed by atoms with Crippen LogP contribution in [0.25, 0.3) is 0 Å². The van der Waals surface area contributed by atoms with Gasteiger partial charge in [0.2, 0.25) is 5.91 Å². The number of hydrogen-bond donors (Lipinski definition) is 2. The lowest BCUT2D eigenvalue weighted by Gasteiger charge is -2.19. The fourth-order valence-corrected chi connectivity index (χ4v) is 4.16. The maximum absolute atomic E-state index is 12.7. The Labute approximate surface area is 183 Å². The van der Waals surface area contributed by atoms with Crippen LogP contribution >= 0.6 is 0 Å². The van der Waals surface area contributed by atoms with Crippen molar-refractivity contribution in [2.75, 3.05) is 31.6 Å². The Bertz CT molecular complexity index is 989. The predicted molar refractivity (Wildman–Crippen MR) is 122 cm³/mol. The second-order valence-corrected chi connectivity index (χ2v) is 7.84. The van der Waals surface area contributed by atoms with E-state index in [1.165, 1.54) is 11.1 Å². The Hall–Kier alpha value is -3.22. The lowest BCUT2D eigenvalue weighted by molar-refractivity contribution is -0.117. The maximum atomic E-state index is 12.7. The first-order valence-corrected chi connectivity index (χ1v) is 10.9. The highest BCUT2D eigenvalue weighted by Gasteiger charge is 2.24. The number of carbonyl (C=O) groups excluding carboxylic acids is 1. The molecule has 0 fully saturated rings. The van der Waals surface area contributed by atoms with Crippen LogP contribution in [-0.4, -0.2) is 44.7 Å². The van der Waals surface area contributed by atoms with Gasteiger partial charge in [0.05, 0.1) is 13.2 Å². The van der Waals surface area contributed by atoms with E-state index in [0.29, 0.717) is 19.1 Å². The third kappa shape index (κ3) is 4.60. The van der Waals surface area contributed by atoms with Crippen molar-refractivity contribution in [2.45, 2.75) is 39.3 Å². The van der Waals surface area contributed by atoms with Crippen LogP contribution in [0.1, 0.15) is 30.5 Å². The summed E-state index contributed by atoms with van der Waals surface area (Å²) >= 11 is 0. The Kier molecular flexibility index (Phi) is 6.30. The number of carbonyl (C=O) groups is 1. The molecule has 31 heavy (non-hydrogen) atoms. The molecule has 2 aliphatic heterocycles. The Morgan fingerprint density at radius 1 is 1.26 bits per heavy atom. The van der Waals surface area contributed by atoms with Gasteiger partial charge in [-0.3, -0.25) is 9.79 Å². The molecule has 2 aromatic rings. The van der Waals surface area contributed by atoms with E-state index in [-0.39, 0.29) is 18.6 Å². The summed E-state index contributed by atoms with van der Waals surface area (Å²) in [5.41, 5.74) is 4.40. The van der Waals surface area contributed by atoms with E-state index in [0.717, 1.165) is 42.1 Å². The summed E-state index contributed by atoms with van der Waals surface area (Å²) in [6.45, 7) is 6.06. The van der Waals surface area contributed by atoms with Crippen molar-refractivity contribution in [1.29, 1.82) is 0 Å². The normalized spacial score (nSPS) is 17.1. The summed E-state index contributed by atoms with van der Waals surface area (Å²) < 4.78 is 11.7. The number of guanidine groups is 1. The molecule has 1 atom stereocenters. The Balaban J connectivity index is 1.36. The molecule has 2 heterocycles. The summed E-state index contributed by atoms with van der Waals surface area (Å²) in [5, 5.41) is 6.42. The fraction of sp³-hybridized carbons (Fsp3) is 0.417. The summed E-state index contributed by atoms with van der Waals surface area (Å²) in [4.78, 5) is 18.8. The summed E-state index contributed by atoms with van der Waals surface area (Å²) in [5.74, 6) is 2.37. The summed E-state index contributed by atoms with van der Waals surface area (Å²) in [6.07, 6.45) is 1.98. The summed E-state index contributed by atoms with van der Waals surface area (Å²) in [7, 11) is 1.70. The molecule has 0 saturated heterocycles. The highest BCUT2D eigenvalue weighted by molar-refractivity contribution is 5.98. The molecule has 164 valence electrons. The standard InChI is InChI=1S/C24H30N4O3/c1-4-30-21-12-18-11-16(2)31-22(18)13-19(21)14-26-24(25-3)27-15-23(29)28-10-9-17-7-5-6-8-20(17)28/h5-8,12-13,16H,4,9-11,14-15H2,1-3H3,(H2,25,26,27). The molecule has 0 bridgehead atoms. The van der Waals surface area contributed by atoms with Crippen LogP contribution in [0.3, 0.4) is 0 Å². The van der Waals surface area contributed by atoms with E-state index in [9.17, 15) is 4.79 Å². The molecule has 2 aromatic carbocycles. The van der Waals surface area contributed by atoms with Crippen LogP contribution in [0.5, 0.6) is 11.5 Å². The SMILES string of the molecule is CCOc1cc2c(cc1CNC(=NC)NCC(=O)N1CCc3ccccc31)OC(C)C2. The third-order valence-corrected chi connectivity index (χ3v) is 5.64. The van der Waals surface area contributed by atoms with Crippen LogP contribution < -0.4 is 25.0 Å². The van der Waals surface area contributed by atoms with Crippen LogP contribution in [0, 0.1) is 0 Å². The number of hydrogen-bond acceptors (Lipinski definition) is 4. The molecule has 1 unspecified atom stereocenters. The zero-order chi connectivity index (χ0) is 21.8. The molecule has 0 saturated carbocycles. The van der Waals surface area contributed by atoms with Crippen LogP contribution in [0.2, 0.25) is 0 Å². The van der Waals surface area contributed by atoms with Crippen molar-refractivity contribution in [3.8, 4) is 11.5 Å². The smallest absolute Gasteiger partial charge is 0.246 e. The van der Waals surface area contributed by atoms with Crippen molar-refractivity contribution >= 4 is 17.6 Å². The molecule has 4 rings (SSSR count). The van der Waals surface area contributed by atoms with Crippen molar-refractivity contribution in [2.24, 2.45) is 4.99 Å². The number of aliphatic imine (C=N–C) groups is 1. The molecule has 0 spiro atoms. The minimum absolute atomic E-state index is 0.0304. The maximum Gasteiger partial charge on any atom is 0.246 e. The minimum atomic E-state index is 0.0304. The number of rotatable bonds is 6. The van der Waals surface area contributed by atoms with Gasteiger partial charge in [-0.1, -0.05) is 18.2 Å². The van der Waals surface area contributed by atoms with E-state index >= 15 is 0 Å². The van der Waals surface area contributed by atoms with E-state index in [1.807, 2.05) is 36.1 Å². The van der Waals surface area contributed by atoms with Crippen LogP contribution in [0.4, 0.5) is 5.69 Å². The quantitative estimate of drug-likeness (QED) is 0.553. The fourth-order valence-electron chi connectivity index (χ4n) is 4.16. The molecular weight excluding hydrogens is 392 g/mol. The van der Waals surface area contributed by atoms with Crippen molar-refractivity contribution in [3.05, 3.63) is 53.1 Å². The van der Waals surface area contributed by atoms with Gasteiger partial charge in [0, 0.05) is 43.4 Å². The van der Waals surface area contributed by atoms with Crippen LogP contribution in [-0.2, 0) is 24.2 Å². The van der Waals surface area contributed by atoms with Gasteiger partial charge in [0.25, 0.3) is 0 Å². The Morgan fingerprint density at radius 2 is 2.10 bits per heavy atom. The monoisotopic (exact) mass is 422 g/mol. The van der Waals surface area contributed by atoms with Gasteiger partial charge in [-0.25, -0.2) is 0 Å². The topological polar surface area (TPSA) is 75.2 Å². The first-order valence-electron chi connectivity index (χ1n) is 10.9. The number of amides is 1. The van der Waals surface area contributed by atoms with Gasteiger partial charge in [0.15, 0.2) is 5.96 Å². The zero-order valence-electron chi connectivity index (χ0n) is 18.4. The number of nitrogens with zero attached hydrogens (tertiary/aromatic N) is 2. The van der Waals surface area contributed by atoms with Crippen LogP contribution in [0.15, 0.2) is 41.4 Å². The van der Waals surface area contributed by atoms with Gasteiger partial charge < -0.3 is 25.0 Å². The number of fused-ring (bicyclic) bond motifs is 2. The average molecular weight is 423 g/mol. The predicted octanol–water partition coefficient (Wildman–Crippen LogP) is 2.66.